The zero-order chi connectivity index (χ0) is 31.4. The number of benzene rings is 4. The van der Waals surface area contributed by atoms with Gasteiger partial charge in [-0.15, -0.1) is 0 Å². The molecule has 1 heterocycles. The predicted molar refractivity (Wildman–Crippen MR) is 178 cm³/mol. The van der Waals surface area contributed by atoms with Gasteiger partial charge in [0.1, 0.15) is 6.10 Å². The maximum Gasteiger partial charge on any atom is 0.303 e. The van der Waals surface area contributed by atoms with Gasteiger partial charge in [-0.05, 0) is 71.6 Å². The Labute approximate surface area is 268 Å². The van der Waals surface area contributed by atoms with Crippen LogP contribution >= 0.6 is 0 Å². The van der Waals surface area contributed by atoms with Gasteiger partial charge in [0, 0.05) is 12.8 Å². The Morgan fingerprint density at radius 3 is 2.11 bits per heavy atom. The highest BCUT2D eigenvalue weighted by molar-refractivity contribution is 5.66. The van der Waals surface area contributed by atoms with E-state index in [4.69, 9.17) is 19.3 Å². The maximum absolute atomic E-state index is 10.9. The molecule has 0 amide bonds. The molecule has 0 radical (unpaired) electrons. The van der Waals surface area contributed by atoms with E-state index in [-0.39, 0.29) is 30.8 Å². The molecule has 0 bridgehead atoms. The van der Waals surface area contributed by atoms with Crippen molar-refractivity contribution < 1.29 is 24.1 Å². The molecule has 1 aliphatic heterocycles. The van der Waals surface area contributed by atoms with Crippen LogP contribution in [-0.2, 0) is 45.1 Å². The molecule has 4 aromatic carbocycles. The standard InChI is InChI=1S/C40H46O5/c1-3-11-36-40(44-28-33-14-8-5-9-15-33)38(43-27-32-12-6-4-7-13-32)26-37(45-36)34-23-18-29(2)35(25-34)24-31-21-19-30(20-22-31)16-10-17-39(41)42/h4-9,12-15,18-23,25,36-38,40H,3,10-11,16-17,24,26-28H2,1-2H3,(H,41,42)/t36?,37?,38?,40-/m1/s1. The molecule has 0 aromatic heterocycles. The molecule has 4 atom stereocenters. The molecule has 1 N–H and O–H groups in total. The monoisotopic (exact) mass is 606 g/mol. The van der Waals surface area contributed by atoms with Crippen LogP contribution in [0.1, 0.15) is 84.1 Å². The summed E-state index contributed by atoms with van der Waals surface area (Å²) in [6, 6.07) is 36.0. The van der Waals surface area contributed by atoms with E-state index in [1.807, 2.05) is 24.3 Å². The molecule has 1 aliphatic rings. The predicted octanol–water partition coefficient (Wildman–Crippen LogP) is 8.79. The van der Waals surface area contributed by atoms with E-state index in [2.05, 4.69) is 92.7 Å². The lowest BCUT2D eigenvalue weighted by Gasteiger charge is -2.42. The summed E-state index contributed by atoms with van der Waals surface area (Å²) in [6.45, 7) is 5.42. The summed E-state index contributed by atoms with van der Waals surface area (Å²) in [5.74, 6) is -0.741. The maximum atomic E-state index is 10.9. The summed E-state index contributed by atoms with van der Waals surface area (Å²) in [4.78, 5) is 10.9. The van der Waals surface area contributed by atoms with Crippen LogP contribution in [-0.4, -0.2) is 29.4 Å². The molecule has 3 unspecified atom stereocenters. The Kier molecular flexibility index (Phi) is 12.0. The summed E-state index contributed by atoms with van der Waals surface area (Å²) in [5.41, 5.74) is 8.43. The average Bonchev–Trinajstić information content (AvgIpc) is 3.06. The van der Waals surface area contributed by atoms with Crippen molar-refractivity contribution in [1.29, 1.82) is 0 Å². The van der Waals surface area contributed by atoms with Crippen molar-refractivity contribution in [2.45, 2.75) is 96.4 Å². The van der Waals surface area contributed by atoms with E-state index in [0.29, 0.717) is 19.6 Å². The first-order chi connectivity index (χ1) is 22.0. The van der Waals surface area contributed by atoms with Crippen molar-refractivity contribution in [3.8, 4) is 0 Å². The molecule has 1 fully saturated rings. The number of carboxylic acids is 1. The molecule has 0 spiro atoms. The zero-order valence-electron chi connectivity index (χ0n) is 26.6. The van der Waals surface area contributed by atoms with Gasteiger partial charge in [-0.2, -0.15) is 0 Å². The van der Waals surface area contributed by atoms with Crippen LogP contribution in [0.5, 0.6) is 0 Å². The summed E-state index contributed by atoms with van der Waals surface area (Å²) in [7, 11) is 0. The van der Waals surface area contributed by atoms with Crippen LogP contribution in [0.25, 0.3) is 0 Å². The zero-order valence-corrected chi connectivity index (χ0v) is 26.6. The SMILES string of the molecule is CCCC1OC(c2ccc(C)c(Cc3ccc(CCCC(=O)O)cc3)c2)CC(OCc2ccccc2)[C@@H]1OCc1ccccc1. The molecule has 5 rings (SSSR count). The van der Waals surface area contributed by atoms with Crippen molar-refractivity contribution in [3.05, 3.63) is 142 Å². The first-order valence-corrected chi connectivity index (χ1v) is 16.3. The minimum Gasteiger partial charge on any atom is -0.481 e. The van der Waals surface area contributed by atoms with Gasteiger partial charge in [0.15, 0.2) is 0 Å². The van der Waals surface area contributed by atoms with Crippen molar-refractivity contribution in [3.63, 3.8) is 0 Å². The normalized spacial score (nSPS) is 19.8. The summed E-state index contributed by atoms with van der Waals surface area (Å²) < 4.78 is 20.1. The quantitative estimate of drug-likeness (QED) is 0.147. The highest BCUT2D eigenvalue weighted by Crippen LogP contribution is 2.38. The summed E-state index contributed by atoms with van der Waals surface area (Å²) in [5, 5.41) is 8.93. The van der Waals surface area contributed by atoms with Crippen LogP contribution in [0, 0.1) is 6.92 Å². The van der Waals surface area contributed by atoms with Gasteiger partial charge in [0.05, 0.1) is 31.5 Å². The molecule has 45 heavy (non-hydrogen) atoms. The fourth-order valence-corrected chi connectivity index (χ4v) is 6.15. The third-order valence-electron chi connectivity index (χ3n) is 8.70. The molecule has 0 saturated carbocycles. The molecular weight excluding hydrogens is 560 g/mol. The van der Waals surface area contributed by atoms with E-state index in [0.717, 1.165) is 43.2 Å². The lowest BCUT2D eigenvalue weighted by molar-refractivity contribution is -0.211. The van der Waals surface area contributed by atoms with Gasteiger partial charge < -0.3 is 19.3 Å². The molecule has 0 aliphatic carbocycles. The minimum atomic E-state index is -0.741. The van der Waals surface area contributed by atoms with Crippen LogP contribution in [0.15, 0.2) is 103 Å². The Morgan fingerprint density at radius 2 is 1.47 bits per heavy atom. The van der Waals surface area contributed by atoms with E-state index >= 15 is 0 Å². The highest BCUT2D eigenvalue weighted by atomic mass is 16.6. The Morgan fingerprint density at radius 1 is 0.822 bits per heavy atom. The number of hydrogen-bond donors (Lipinski definition) is 1. The third-order valence-corrected chi connectivity index (χ3v) is 8.70. The van der Waals surface area contributed by atoms with Crippen molar-refractivity contribution in [1.82, 2.24) is 0 Å². The molecule has 236 valence electrons. The lowest BCUT2D eigenvalue weighted by atomic mass is 9.89. The third kappa shape index (κ3) is 9.61. The van der Waals surface area contributed by atoms with Gasteiger partial charge in [-0.25, -0.2) is 0 Å². The highest BCUT2D eigenvalue weighted by Gasteiger charge is 2.40. The Hall–Kier alpha value is -3.77. The van der Waals surface area contributed by atoms with Crippen LogP contribution in [0.4, 0.5) is 0 Å². The van der Waals surface area contributed by atoms with Crippen molar-refractivity contribution in [2.24, 2.45) is 0 Å². The largest absolute Gasteiger partial charge is 0.481 e. The second-order valence-corrected chi connectivity index (χ2v) is 12.2. The fraction of sp³-hybridized carbons (Fsp3) is 0.375. The van der Waals surface area contributed by atoms with Crippen LogP contribution in [0.3, 0.4) is 0 Å². The van der Waals surface area contributed by atoms with E-state index < -0.39 is 5.97 Å². The van der Waals surface area contributed by atoms with Gasteiger partial charge in [0.2, 0.25) is 0 Å². The van der Waals surface area contributed by atoms with E-state index in [1.165, 1.54) is 27.8 Å². The van der Waals surface area contributed by atoms with Gasteiger partial charge in [-0.3, -0.25) is 4.79 Å². The summed E-state index contributed by atoms with van der Waals surface area (Å²) >= 11 is 0. The minimum absolute atomic E-state index is 0.0725. The summed E-state index contributed by atoms with van der Waals surface area (Å²) in [6.07, 6.45) is 4.66. The topological polar surface area (TPSA) is 65.0 Å². The number of ether oxygens (including phenoxy) is 3. The second-order valence-electron chi connectivity index (χ2n) is 12.2. The molecule has 5 nitrogen and oxygen atoms in total. The smallest absolute Gasteiger partial charge is 0.303 e. The van der Waals surface area contributed by atoms with Crippen LogP contribution in [0.2, 0.25) is 0 Å². The van der Waals surface area contributed by atoms with E-state index in [9.17, 15) is 4.79 Å². The number of carbonyl (C=O) groups is 1. The van der Waals surface area contributed by atoms with Gasteiger partial charge in [0.25, 0.3) is 0 Å². The van der Waals surface area contributed by atoms with Crippen LogP contribution < -0.4 is 0 Å². The number of aryl methyl sites for hydroxylation is 2. The Bertz CT molecular complexity index is 1470. The Balaban J connectivity index is 1.32. The first-order valence-electron chi connectivity index (χ1n) is 16.3. The second kappa shape index (κ2) is 16.5. The number of carboxylic acid groups (broad SMARTS) is 1. The number of aliphatic carboxylic acids is 1. The van der Waals surface area contributed by atoms with Crippen molar-refractivity contribution >= 4 is 5.97 Å². The van der Waals surface area contributed by atoms with E-state index in [1.54, 1.807) is 0 Å². The molecule has 4 aromatic rings. The number of rotatable bonds is 15. The number of hydrogen-bond acceptors (Lipinski definition) is 4. The first kappa shape index (κ1) is 32.6. The average molecular weight is 607 g/mol. The van der Waals surface area contributed by atoms with Crippen molar-refractivity contribution in [2.75, 3.05) is 0 Å². The van der Waals surface area contributed by atoms with Gasteiger partial charge >= 0.3 is 5.97 Å². The lowest BCUT2D eigenvalue weighted by Crippen LogP contribution is -2.48. The fourth-order valence-electron chi connectivity index (χ4n) is 6.15. The van der Waals surface area contributed by atoms with Gasteiger partial charge in [-0.1, -0.05) is 116 Å². The molecular formula is C40H46O5. The molecule has 1 saturated heterocycles. The molecule has 5 heteroatoms.